The molecule has 0 aliphatic carbocycles. The minimum Gasteiger partial charge on any atom is -0.392 e. The molecular formula is C13H22N2O2S. The van der Waals surface area contributed by atoms with E-state index in [0.29, 0.717) is 30.9 Å². The van der Waals surface area contributed by atoms with Gasteiger partial charge in [0.25, 0.3) is 0 Å². The lowest BCUT2D eigenvalue weighted by Gasteiger charge is -2.39. The molecule has 0 aromatic heterocycles. The Labute approximate surface area is 114 Å². The second-order valence-electron chi connectivity index (χ2n) is 5.32. The molecule has 5 heteroatoms. The van der Waals surface area contributed by atoms with E-state index < -0.39 is 5.41 Å². The van der Waals surface area contributed by atoms with Crippen molar-refractivity contribution in [2.24, 2.45) is 11.1 Å². The normalized spacial score (nSPS) is 27.3. The highest BCUT2D eigenvalue weighted by Gasteiger charge is 2.44. The number of ether oxygens (including phenoxy) is 1. The van der Waals surface area contributed by atoms with Gasteiger partial charge in [0.15, 0.2) is 0 Å². The molecular weight excluding hydrogens is 248 g/mol. The van der Waals surface area contributed by atoms with Crippen molar-refractivity contribution in [1.29, 1.82) is 0 Å². The third kappa shape index (κ3) is 2.14. The lowest BCUT2D eigenvalue weighted by molar-refractivity contribution is -0.147. The smallest absolute Gasteiger partial charge is 0.235 e. The van der Waals surface area contributed by atoms with Crippen molar-refractivity contribution in [3.8, 4) is 0 Å². The number of nitrogens with two attached hydrogens (primary N) is 1. The van der Waals surface area contributed by atoms with Gasteiger partial charge in [0.1, 0.15) is 0 Å². The first-order valence-corrected chi connectivity index (χ1v) is 7.19. The fourth-order valence-corrected chi connectivity index (χ4v) is 3.47. The molecule has 2 atom stereocenters. The molecule has 0 spiro atoms. The number of hydrogen-bond acceptors (Lipinski definition) is 3. The van der Waals surface area contributed by atoms with Gasteiger partial charge < -0.3 is 15.4 Å². The van der Waals surface area contributed by atoms with Crippen LogP contribution in [-0.2, 0) is 9.53 Å². The van der Waals surface area contributed by atoms with Crippen LogP contribution in [0.2, 0.25) is 0 Å². The summed E-state index contributed by atoms with van der Waals surface area (Å²) in [6, 6.07) is 0. The van der Waals surface area contributed by atoms with Gasteiger partial charge in [-0.05, 0) is 25.7 Å². The molecule has 102 valence electrons. The van der Waals surface area contributed by atoms with E-state index in [-0.39, 0.29) is 18.1 Å². The lowest BCUT2D eigenvalue weighted by Crippen LogP contribution is -2.55. The Morgan fingerprint density at radius 2 is 1.83 bits per heavy atom. The van der Waals surface area contributed by atoms with Gasteiger partial charge in [-0.25, -0.2) is 0 Å². The third-order valence-corrected chi connectivity index (χ3v) is 4.81. The molecule has 2 unspecified atom stereocenters. The Morgan fingerprint density at radius 3 is 2.22 bits per heavy atom. The number of amides is 1. The Morgan fingerprint density at radius 1 is 1.33 bits per heavy atom. The largest absolute Gasteiger partial charge is 0.392 e. The minimum absolute atomic E-state index is 0.0974. The van der Waals surface area contributed by atoms with Crippen LogP contribution in [0.4, 0.5) is 0 Å². The van der Waals surface area contributed by atoms with Crippen molar-refractivity contribution in [3.63, 3.8) is 0 Å². The SMILES string of the molecule is CCC(CC)(C(=O)N1CC2CCC(C1)O2)C(N)=S. The number of carbonyl (C=O) groups excluding carboxylic acids is 1. The lowest BCUT2D eigenvalue weighted by atomic mass is 9.80. The van der Waals surface area contributed by atoms with E-state index in [2.05, 4.69) is 0 Å². The van der Waals surface area contributed by atoms with E-state index >= 15 is 0 Å². The maximum atomic E-state index is 12.7. The predicted molar refractivity (Wildman–Crippen MR) is 74.3 cm³/mol. The Hall–Kier alpha value is -0.680. The van der Waals surface area contributed by atoms with Crippen LogP contribution >= 0.6 is 12.2 Å². The van der Waals surface area contributed by atoms with E-state index in [1.54, 1.807) is 0 Å². The van der Waals surface area contributed by atoms with Crippen LogP contribution in [-0.4, -0.2) is 41.1 Å². The quantitative estimate of drug-likeness (QED) is 0.786. The highest BCUT2D eigenvalue weighted by molar-refractivity contribution is 7.80. The number of carbonyl (C=O) groups is 1. The molecule has 0 saturated carbocycles. The summed E-state index contributed by atoms with van der Waals surface area (Å²) >= 11 is 5.15. The number of morpholine rings is 1. The summed E-state index contributed by atoms with van der Waals surface area (Å²) in [4.78, 5) is 15.0. The zero-order valence-electron chi connectivity index (χ0n) is 11.1. The highest BCUT2D eigenvalue weighted by atomic mass is 32.1. The number of hydrogen-bond donors (Lipinski definition) is 1. The van der Waals surface area contributed by atoms with Crippen molar-refractivity contribution in [1.82, 2.24) is 4.90 Å². The van der Waals surface area contributed by atoms with Gasteiger partial charge >= 0.3 is 0 Å². The first-order valence-electron chi connectivity index (χ1n) is 6.78. The van der Waals surface area contributed by atoms with Gasteiger partial charge in [-0.15, -0.1) is 0 Å². The number of fused-ring (bicyclic) bond motifs is 2. The first-order chi connectivity index (χ1) is 8.53. The van der Waals surface area contributed by atoms with Crippen LogP contribution in [0, 0.1) is 5.41 Å². The van der Waals surface area contributed by atoms with Gasteiger partial charge in [0.2, 0.25) is 5.91 Å². The van der Waals surface area contributed by atoms with Gasteiger partial charge in [0.05, 0.1) is 22.6 Å². The number of nitrogens with zero attached hydrogens (tertiary/aromatic N) is 1. The molecule has 2 aliphatic rings. The number of likely N-dealkylation sites (tertiary alicyclic amines) is 1. The highest BCUT2D eigenvalue weighted by Crippen LogP contribution is 2.33. The summed E-state index contributed by atoms with van der Waals surface area (Å²) in [5.41, 5.74) is 5.18. The van der Waals surface area contributed by atoms with E-state index in [1.165, 1.54) is 0 Å². The zero-order valence-corrected chi connectivity index (χ0v) is 12.0. The molecule has 2 aliphatic heterocycles. The molecule has 2 N–H and O–H groups in total. The minimum atomic E-state index is -0.661. The molecule has 2 fully saturated rings. The molecule has 2 rings (SSSR count). The van der Waals surface area contributed by atoms with Crippen molar-refractivity contribution in [3.05, 3.63) is 0 Å². The summed E-state index contributed by atoms with van der Waals surface area (Å²) in [6.45, 7) is 5.35. The summed E-state index contributed by atoms with van der Waals surface area (Å²) in [5.74, 6) is 0.0974. The molecule has 2 saturated heterocycles. The molecule has 0 aromatic carbocycles. The van der Waals surface area contributed by atoms with Crippen LogP contribution in [0.1, 0.15) is 39.5 Å². The maximum absolute atomic E-state index is 12.7. The summed E-state index contributed by atoms with van der Waals surface area (Å²) < 4.78 is 5.76. The van der Waals surface area contributed by atoms with Gasteiger partial charge in [-0.2, -0.15) is 0 Å². The average Bonchev–Trinajstić information content (AvgIpc) is 2.70. The van der Waals surface area contributed by atoms with E-state index in [4.69, 9.17) is 22.7 Å². The summed E-state index contributed by atoms with van der Waals surface area (Å²) in [5, 5.41) is 0. The third-order valence-electron chi connectivity index (χ3n) is 4.42. The van der Waals surface area contributed by atoms with Crippen molar-refractivity contribution >= 4 is 23.1 Å². The fourth-order valence-electron chi connectivity index (χ4n) is 3.09. The van der Waals surface area contributed by atoms with Crippen molar-refractivity contribution in [2.75, 3.05) is 13.1 Å². The van der Waals surface area contributed by atoms with Gasteiger partial charge in [0, 0.05) is 13.1 Å². The van der Waals surface area contributed by atoms with Gasteiger partial charge in [-0.1, -0.05) is 26.1 Å². The molecule has 4 nitrogen and oxygen atoms in total. The van der Waals surface area contributed by atoms with Crippen LogP contribution in [0.25, 0.3) is 0 Å². The second kappa shape index (κ2) is 5.13. The van der Waals surface area contributed by atoms with E-state index in [9.17, 15) is 4.79 Å². The van der Waals surface area contributed by atoms with Crippen LogP contribution in [0.5, 0.6) is 0 Å². The molecule has 0 aromatic rings. The van der Waals surface area contributed by atoms with Gasteiger partial charge in [-0.3, -0.25) is 4.79 Å². The van der Waals surface area contributed by atoms with E-state index in [0.717, 1.165) is 12.8 Å². The topological polar surface area (TPSA) is 55.6 Å². The predicted octanol–water partition coefficient (Wildman–Crippen LogP) is 1.47. The number of thiocarbonyl (C=S) groups is 1. The van der Waals surface area contributed by atoms with E-state index in [1.807, 2.05) is 18.7 Å². The summed E-state index contributed by atoms with van der Waals surface area (Å²) in [7, 11) is 0. The average molecular weight is 270 g/mol. The monoisotopic (exact) mass is 270 g/mol. The zero-order chi connectivity index (χ0) is 13.3. The molecule has 2 bridgehead atoms. The maximum Gasteiger partial charge on any atom is 0.235 e. The Kier molecular flexibility index (Phi) is 3.92. The van der Waals surface area contributed by atoms with Crippen molar-refractivity contribution in [2.45, 2.75) is 51.7 Å². The Balaban J connectivity index is 2.16. The molecule has 2 heterocycles. The van der Waals surface area contributed by atoms with Crippen LogP contribution in [0.15, 0.2) is 0 Å². The number of rotatable bonds is 4. The standard InChI is InChI=1S/C13H22N2O2S/c1-3-13(4-2,11(14)18)12(16)15-7-9-5-6-10(8-15)17-9/h9-10H,3-8H2,1-2H3,(H2,14,18). The van der Waals surface area contributed by atoms with Crippen LogP contribution in [0.3, 0.4) is 0 Å². The molecule has 1 amide bonds. The molecule has 18 heavy (non-hydrogen) atoms. The Bertz CT molecular complexity index is 343. The fraction of sp³-hybridized carbons (Fsp3) is 0.846. The summed E-state index contributed by atoms with van der Waals surface area (Å²) in [6.07, 6.45) is 3.89. The first kappa shape index (κ1) is 13.7. The molecule has 0 radical (unpaired) electrons. The van der Waals surface area contributed by atoms with Crippen LogP contribution < -0.4 is 5.73 Å². The second-order valence-corrected chi connectivity index (χ2v) is 5.76. The van der Waals surface area contributed by atoms with Crippen molar-refractivity contribution < 1.29 is 9.53 Å².